The van der Waals surface area contributed by atoms with Gasteiger partial charge in [-0.3, -0.25) is 0 Å². The molecule has 0 heterocycles. The predicted octanol–water partition coefficient (Wildman–Crippen LogP) is 3.02. The van der Waals surface area contributed by atoms with Crippen molar-refractivity contribution in [3.05, 3.63) is 0 Å². The second-order valence-electron chi connectivity index (χ2n) is 6.66. The molecule has 3 N–H and O–H groups in total. The summed E-state index contributed by atoms with van der Waals surface area (Å²) in [5.41, 5.74) is 6.38. The number of hydrogen-bond donors (Lipinski definition) is 2. The normalized spacial score (nSPS) is 19.1. The van der Waals surface area contributed by atoms with Gasteiger partial charge in [0.2, 0.25) is 0 Å². The third kappa shape index (κ3) is 4.26. The number of nitrogens with two attached hydrogens (primary N) is 1. The van der Waals surface area contributed by atoms with Crippen LogP contribution in [0.5, 0.6) is 0 Å². The second kappa shape index (κ2) is 6.75. The molecule has 17 heavy (non-hydrogen) atoms. The molecule has 0 unspecified atom stereocenters. The van der Waals surface area contributed by atoms with Gasteiger partial charge in [0.1, 0.15) is 0 Å². The van der Waals surface area contributed by atoms with Gasteiger partial charge in [-0.2, -0.15) is 0 Å². The van der Waals surface area contributed by atoms with Crippen molar-refractivity contribution in [3.8, 4) is 0 Å². The van der Waals surface area contributed by atoms with E-state index in [2.05, 4.69) is 33.0 Å². The smallest absolute Gasteiger partial charge is 0.00156 e. The van der Waals surface area contributed by atoms with E-state index >= 15 is 0 Å². The van der Waals surface area contributed by atoms with Gasteiger partial charge in [-0.05, 0) is 62.1 Å². The van der Waals surface area contributed by atoms with Gasteiger partial charge in [0.15, 0.2) is 0 Å². The maximum Gasteiger partial charge on any atom is -0.00156 e. The molecule has 0 radical (unpaired) electrons. The highest BCUT2D eigenvalue weighted by Crippen LogP contribution is 2.42. The van der Waals surface area contributed by atoms with Gasteiger partial charge in [0.25, 0.3) is 0 Å². The van der Waals surface area contributed by atoms with E-state index in [-0.39, 0.29) is 0 Å². The molecule has 1 rings (SSSR count). The maximum absolute atomic E-state index is 5.88. The van der Waals surface area contributed by atoms with E-state index < -0.39 is 0 Å². The van der Waals surface area contributed by atoms with E-state index in [1.165, 1.54) is 25.7 Å². The zero-order chi connectivity index (χ0) is 12.9. The predicted molar refractivity (Wildman–Crippen MR) is 76.0 cm³/mol. The quantitative estimate of drug-likeness (QED) is 0.640. The van der Waals surface area contributed by atoms with Crippen LogP contribution in [0.25, 0.3) is 0 Å². The molecule has 1 saturated carbocycles. The first-order valence-electron chi connectivity index (χ1n) is 7.41. The van der Waals surface area contributed by atoms with Crippen molar-refractivity contribution >= 4 is 0 Å². The lowest BCUT2D eigenvalue weighted by atomic mass is 9.67. The van der Waals surface area contributed by atoms with Crippen LogP contribution in [0.3, 0.4) is 0 Å². The topological polar surface area (TPSA) is 38.0 Å². The summed E-state index contributed by atoms with van der Waals surface area (Å²) in [5, 5.41) is 3.65. The SMILES string of the molecule is CC(C)C(CNCCC1(CN)CCC1)C(C)C. The van der Waals surface area contributed by atoms with E-state index in [0.29, 0.717) is 5.41 Å². The molecule has 0 aromatic heterocycles. The summed E-state index contributed by atoms with van der Waals surface area (Å²) in [7, 11) is 0. The average molecular weight is 240 g/mol. The monoisotopic (exact) mass is 240 g/mol. The Bertz CT molecular complexity index is 193. The summed E-state index contributed by atoms with van der Waals surface area (Å²) in [5.74, 6) is 2.34. The fourth-order valence-corrected chi connectivity index (χ4v) is 3.10. The summed E-state index contributed by atoms with van der Waals surface area (Å²) in [4.78, 5) is 0. The van der Waals surface area contributed by atoms with Crippen molar-refractivity contribution in [1.82, 2.24) is 5.32 Å². The molecule has 1 aliphatic rings. The van der Waals surface area contributed by atoms with Crippen molar-refractivity contribution in [2.75, 3.05) is 19.6 Å². The van der Waals surface area contributed by atoms with E-state index in [4.69, 9.17) is 5.73 Å². The molecule has 2 nitrogen and oxygen atoms in total. The molecular weight excluding hydrogens is 208 g/mol. The largest absolute Gasteiger partial charge is 0.330 e. The highest BCUT2D eigenvalue weighted by molar-refractivity contribution is 4.89. The van der Waals surface area contributed by atoms with Gasteiger partial charge < -0.3 is 11.1 Å². The molecule has 0 saturated heterocycles. The zero-order valence-corrected chi connectivity index (χ0v) is 12.3. The highest BCUT2D eigenvalue weighted by atomic mass is 14.9. The molecule has 1 fully saturated rings. The Kier molecular flexibility index (Phi) is 5.94. The Hall–Kier alpha value is -0.0800. The van der Waals surface area contributed by atoms with Gasteiger partial charge in [-0.15, -0.1) is 0 Å². The fraction of sp³-hybridized carbons (Fsp3) is 1.00. The van der Waals surface area contributed by atoms with Crippen molar-refractivity contribution in [1.29, 1.82) is 0 Å². The first-order chi connectivity index (χ1) is 8.01. The third-order valence-electron chi connectivity index (χ3n) is 4.77. The van der Waals surface area contributed by atoms with Crippen LogP contribution in [0.15, 0.2) is 0 Å². The molecule has 0 atom stereocenters. The van der Waals surface area contributed by atoms with Crippen LogP contribution in [0.2, 0.25) is 0 Å². The van der Waals surface area contributed by atoms with Crippen LogP contribution in [-0.4, -0.2) is 19.6 Å². The minimum absolute atomic E-state index is 0.498. The minimum Gasteiger partial charge on any atom is -0.330 e. The van der Waals surface area contributed by atoms with Crippen LogP contribution in [0, 0.1) is 23.2 Å². The third-order valence-corrected chi connectivity index (χ3v) is 4.77. The molecule has 0 spiro atoms. The van der Waals surface area contributed by atoms with E-state index in [0.717, 1.165) is 37.4 Å². The molecular formula is C15H32N2. The minimum atomic E-state index is 0.498. The van der Waals surface area contributed by atoms with Crippen LogP contribution < -0.4 is 11.1 Å². The molecule has 1 aliphatic carbocycles. The van der Waals surface area contributed by atoms with Gasteiger partial charge in [0.05, 0.1) is 0 Å². The van der Waals surface area contributed by atoms with E-state index in [1.54, 1.807) is 0 Å². The Labute approximate surface area is 108 Å². The van der Waals surface area contributed by atoms with Crippen LogP contribution in [0.1, 0.15) is 53.4 Å². The molecule has 0 bridgehead atoms. The number of rotatable bonds is 8. The highest BCUT2D eigenvalue weighted by Gasteiger charge is 2.34. The van der Waals surface area contributed by atoms with Crippen molar-refractivity contribution in [2.24, 2.45) is 28.9 Å². The number of hydrogen-bond acceptors (Lipinski definition) is 2. The number of nitrogens with one attached hydrogen (secondary N) is 1. The lowest BCUT2D eigenvalue weighted by molar-refractivity contribution is 0.128. The lowest BCUT2D eigenvalue weighted by Crippen LogP contribution is -2.40. The molecule has 2 heteroatoms. The molecule has 102 valence electrons. The molecule has 0 aromatic rings. The Morgan fingerprint density at radius 3 is 2.06 bits per heavy atom. The molecule has 0 aliphatic heterocycles. The van der Waals surface area contributed by atoms with Crippen LogP contribution >= 0.6 is 0 Å². The van der Waals surface area contributed by atoms with E-state index in [9.17, 15) is 0 Å². The van der Waals surface area contributed by atoms with Crippen LogP contribution in [0.4, 0.5) is 0 Å². The van der Waals surface area contributed by atoms with Gasteiger partial charge in [-0.25, -0.2) is 0 Å². The Balaban J connectivity index is 2.18. The van der Waals surface area contributed by atoms with Gasteiger partial charge >= 0.3 is 0 Å². The lowest BCUT2D eigenvalue weighted by Gasteiger charge is -2.41. The summed E-state index contributed by atoms with van der Waals surface area (Å²) in [6.07, 6.45) is 5.36. The van der Waals surface area contributed by atoms with Crippen molar-refractivity contribution in [2.45, 2.75) is 53.4 Å². The maximum atomic E-state index is 5.88. The first-order valence-corrected chi connectivity index (χ1v) is 7.41. The average Bonchev–Trinajstić information content (AvgIpc) is 2.20. The second-order valence-corrected chi connectivity index (χ2v) is 6.66. The standard InChI is InChI=1S/C15H32N2/c1-12(2)14(13(3)4)10-17-9-8-15(11-16)6-5-7-15/h12-14,17H,5-11,16H2,1-4H3. The molecule has 0 aromatic carbocycles. The van der Waals surface area contributed by atoms with Crippen molar-refractivity contribution in [3.63, 3.8) is 0 Å². The summed E-state index contributed by atoms with van der Waals surface area (Å²) in [6, 6.07) is 0. The summed E-state index contributed by atoms with van der Waals surface area (Å²) < 4.78 is 0. The van der Waals surface area contributed by atoms with Gasteiger partial charge in [-0.1, -0.05) is 34.1 Å². The molecule has 0 amide bonds. The summed E-state index contributed by atoms with van der Waals surface area (Å²) in [6.45, 7) is 12.5. The Morgan fingerprint density at radius 2 is 1.71 bits per heavy atom. The van der Waals surface area contributed by atoms with E-state index in [1.807, 2.05) is 0 Å². The fourth-order valence-electron chi connectivity index (χ4n) is 3.10. The van der Waals surface area contributed by atoms with Crippen molar-refractivity contribution < 1.29 is 0 Å². The zero-order valence-electron chi connectivity index (χ0n) is 12.3. The summed E-state index contributed by atoms with van der Waals surface area (Å²) >= 11 is 0. The Morgan fingerprint density at radius 1 is 1.12 bits per heavy atom. The first kappa shape index (κ1) is 15.0. The van der Waals surface area contributed by atoms with Gasteiger partial charge in [0, 0.05) is 0 Å². The van der Waals surface area contributed by atoms with Crippen LogP contribution in [-0.2, 0) is 0 Å².